The third-order valence-electron chi connectivity index (χ3n) is 6.16. The van der Waals surface area contributed by atoms with Crippen LogP contribution in [0.25, 0.3) is 17.2 Å². The predicted molar refractivity (Wildman–Crippen MR) is 134 cm³/mol. The first kappa shape index (κ1) is 23.3. The molecule has 36 heavy (non-hydrogen) atoms. The molecule has 0 atom stereocenters. The third-order valence-corrected chi connectivity index (χ3v) is 6.16. The molecule has 0 radical (unpaired) electrons. The van der Waals surface area contributed by atoms with Crippen LogP contribution in [0.15, 0.2) is 60.9 Å². The Morgan fingerprint density at radius 1 is 1.03 bits per heavy atom. The van der Waals surface area contributed by atoms with Crippen LogP contribution in [0.1, 0.15) is 40.4 Å². The number of rotatable bonds is 9. The minimum absolute atomic E-state index is 0.207. The molecule has 1 aliphatic rings. The zero-order chi connectivity index (χ0) is 25.1. The summed E-state index contributed by atoms with van der Waals surface area (Å²) in [4.78, 5) is 22.4. The van der Waals surface area contributed by atoms with Crippen LogP contribution in [0, 0.1) is 0 Å². The van der Waals surface area contributed by atoms with Gasteiger partial charge in [0.05, 0.1) is 44.5 Å². The van der Waals surface area contributed by atoms with Crippen molar-refractivity contribution in [2.45, 2.75) is 25.3 Å². The van der Waals surface area contributed by atoms with Crippen molar-refractivity contribution in [3.8, 4) is 34.5 Å². The van der Waals surface area contributed by atoms with E-state index in [0.717, 1.165) is 35.4 Å². The molecule has 1 amide bonds. The van der Waals surface area contributed by atoms with Crippen molar-refractivity contribution in [3.63, 3.8) is 0 Å². The predicted octanol–water partition coefficient (Wildman–Crippen LogP) is 4.16. The number of benzene rings is 2. The van der Waals surface area contributed by atoms with Crippen molar-refractivity contribution >= 4 is 5.91 Å². The van der Waals surface area contributed by atoms with Crippen LogP contribution in [0.3, 0.4) is 0 Å². The molecule has 9 nitrogen and oxygen atoms in total. The van der Waals surface area contributed by atoms with E-state index >= 15 is 0 Å². The van der Waals surface area contributed by atoms with Crippen LogP contribution < -0.4 is 19.5 Å². The summed E-state index contributed by atoms with van der Waals surface area (Å²) in [5.74, 6) is 2.50. The van der Waals surface area contributed by atoms with Gasteiger partial charge < -0.3 is 19.5 Å². The van der Waals surface area contributed by atoms with E-state index in [9.17, 15) is 4.79 Å². The number of nitrogens with zero attached hydrogens (tertiary/aromatic N) is 4. The number of nitrogens with one attached hydrogen (secondary N) is 1. The van der Waals surface area contributed by atoms with Crippen molar-refractivity contribution in [3.05, 3.63) is 77.7 Å². The normalized spacial score (nSPS) is 12.8. The molecule has 0 unspecified atom stereocenters. The van der Waals surface area contributed by atoms with E-state index in [1.807, 2.05) is 42.5 Å². The van der Waals surface area contributed by atoms with E-state index in [2.05, 4.69) is 15.4 Å². The van der Waals surface area contributed by atoms with Crippen LogP contribution in [0.2, 0.25) is 0 Å². The summed E-state index contributed by atoms with van der Waals surface area (Å²) in [5, 5.41) is 7.51. The second kappa shape index (κ2) is 10.1. The molecule has 1 saturated carbocycles. The summed E-state index contributed by atoms with van der Waals surface area (Å²) in [6.45, 7) is 0.307. The van der Waals surface area contributed by atoms with Crippen LogP contribution in [-0.2, 0) is 6.54 Å². The SMILES string of the molecule is COc1ccc(CNC(=O)c2cnn(-c3nccc(-c4ccccc4OC)n3)c2C2CC2)c(OC)c1. The number of amides is 1. The first-order valence-corrected chi connectivity index (χ1v) is 11.7. The lowest BCUT2D eigenvalue weighted by Gasteiger charge is -2.12. The van der Waals surface area contributed by atoms with Gasteiger partial charge in [0, 0.05) is 35.9 Å². The number of para-hydroxylation sites is 1. The summed E-state index contributed by atoms with van der Waals surface area (Å²) in [6, 6.07) is 15.0. The van der Waals surface area contributed by atoms with Gasteiger partial charge in [-0.2, -0.15) is 5.10 Å². The fraction of sp³-hybridized carbons (Fsp3) is 0.259. The van der Waals surface area contributed by atoms with Gasteiger partial charge in [-0.3, -0.25) is 4.79 Å². The third kappa shape index (κ3) is 4.59. The van der Waals surface area contributed by atoms with Crippen molar-refractivity contribution in [2.75, 3.05) is 21.3 Å². The Balaban J connectivity index is 1.42. The molecule has 1 aliphatic carbocycles. The van der Waals surface area contributed by atoms with Gasteiger partial charge in [-0.25, -0.2) is 14.6 Å². The lowest BCUT2D eigenvalue weighted by molar-refractivity contribution is 0.0949. The molecule has 0 aliphatic heterocycles. The Labute approximate surface area is 209 Å². The molecule has 2 aromatic heterocycles. The Kier molecular flexibility index (Phi) is 6.53. The molecular formula is C27H27N5O4. The molecule has 9 heteroatoms. The highest BCUT2D eigenvalue weighted by Crippen LogP contribution is 2.42. The van der Waals surface area contributed by atoms with E-state index in [0.29, 0.717) is 35.2 Å². The van der Waals surface area contributed by atoms with Crippen molar-refractivity contribution in [1.29, 1.82) is 0 Å². The molecular weight excluding hydrogens is 458 g/mol. The van der Waals surface area contributed by atoms with Gasteiger partial charge in [-0.15, -0.1) is 0 Å². The highest BCUT2D eigenvalue weighted by Gasteiger charge is 2.33. The Hall–Kier alpha value is -4.40. The zero-order valence-corrected chi connectivity index (χ0v) is 20.4. The van der Waals surface area contributed by atoms with Crippen molar-refractivity contribution in [1.82, 2.24) is 25.1 Å². The minimum atomic E-state index is -0.207. The average molecular weight is 486 g/mol. The summed E-state index contributed by atoms with van der Waals surface area (Å²) < 4.78 is 17.9. The van der Waals surface area contributed by atoms with E-state index < -0.39 is 0 Å². The molecule has 2 aromatic carbocycles. The highest BCUT2D eigenvalue weighted by atomic mass is 16.5. The smallest absolute Gasteiger partial charge is 0.255 e. The highest BCUT2D eigenvalue weighted by molar-refractivity contribution is 5.95. The summed E-state index contributed by atoms with van der Waals surface area (Å²) in [5.41, 5.74) is 3.77. The van der Waals surface area contributed by atoms with E-state index in [1.165, 1.54) is 0 Å². The quantitative estimate of drug-likeness (QED) is 0.380. The van der Waals surface area contributed by atoms with Crippen LogP contribution in [0.5, 0.6) is 17.2 Å². The number of aromatic nitrogens is 4. The first-order chi connectivity index (χ1) is 17.6. The fourth-order valence-corrected chi connectivity index (χ4v) is 4.17. The van der Waals surface area contributed by atoms with Gasteiger partial charge in [0.2, 0.25) is 0 Å². The van der Waals surface area contributed by atoms with Gasteiger partial charge >= 0.3 is 0 Å². The Morgan fingerprint density at radius 3 is 2.58 bits per heavy atom. The lowest BCUT2D eigenvalue weighted by atomic mass is 10.1. The maximum absolute atomic E-state index is 13.2. The van der Waals surface area contributed by atoms with Gasteiger partial charge in [-0.05, 0) is 43.2 Å². The van der Waals surface area contributed by atoms with E-state index in [1.54, 1.807) is 44.5 Å². The number of hydrogen-bond donors (Lipinski definition) is 1. The largest absolute Gasteiger partial charge is 0.497 e. The zero-order valence-electron chi connectivity index (χ0n) is 20.4. The number of hydrogen-bond acceptors (Lipinski definition) is 7. The van der Waals surface area contributed by atoms with E-state index in [4.69, 9.17) is 19.2 Å². The molecule has 1 N–H and O–H groups in total. The summed E-state index contributed by atoms with van der Waals surface area (Å²) >= 11 is 0. The number of carbonyl (C=O) groups excluding carboxylic acids is 1. The maximum Gasteiger partial charge on any atom is 0.255 e. The van der Waals surface area contributed by atoms with Crippen LogP contribution in [0.4, 0.5) is 0 Å². The molecule has 184 valence electrons. The molecule has 2 heterocycles. The van der Waals surface area contributed by atoms with Gasteiger partial charge in [0.15, 0.2) is 0 Å². The van der Waals surface area contributed by atoms with Crippen molar-refractivity contribution < 1.29 is 19.0 Å². The van der Waals surface area contributed by atoms with Crippen LogP contribution >= 0.6 is 0 Å². The average Bonchev–Trinajstić information content (AvgIpc) is 3.68. The van der Waals surface area contributed by atoms with E-state index in [-0.39, 0.29) is 11.8 Å². The summed E-state index contributed by atoms with van der Waals surface area (Å²) in [7, 11) is 4.82. The van der Waals surface area contributed by atoms with Gasteiger partial charge in [0.1, 0.15) is 17.2 Å². The Morgan fingerprint density at radius 2 is 1.83 bits per heavy atom. The van der Waals surface area contributed by atoms with Gasteiger partial charge in [0.25, 0.3) is 11.9 Å². The van der Waals surface area contributed by atoms with Crippen molar-refractivity contribution in [2.24, 2.45) is 0 Å². The molecule has 0 spiro atoms. The molecule has 4 aromatic rings. The molecule has 1 fully saturated rings. The summed E-state index contributed by atoms with van der Waals surface area (Å²) in [6.07, 6.45) is 5.26. The second-order valence-corrected chi connectivity index (χ2v) is 8.43. The monoisotopic (exact) mass is 485 g/mol. The number of carbonyl (C=O) groups is 1. The van der Waals surface area contributed by atoms with Gasteiger partial charge in [-0.1, -0.05) is 12.1 Å². The first-order valence-electron chi connectivity index (χ1n) is 11.7. The standard InChI is InChI=1S/C27H27N5O4/c1-34-19-11-10-18(24(14-19)36-3)15-29-26(33)21-16-30-32(25(21)17-8-9-17)27-28-13-12-22(31-27)20-6-4-5-7-23(20)35-2/h4-7,10-14,16-17H,8-9,15H2,1-3H3,(H,29,33). The van der Waals surface area contributed by atoms with Crippen LogP contribution in [-0.4, -0.2) is 47.0 Å². The Bertz CT molecular complexity index is 1400. The number of methoxy groups -OCH3 is 3. The molecule has 0 saturated heterocycles. The fourth-order valence-electron chi connectivity index (χ4n) is 4.17. The number of ether oxygens (including phenoxy) is 3. The minimum Gasteiger partial charge on any atom is -0.497 e. The molecule has 0 bridgehead atoms. The lowest BCUT2D eigenvalue weighted by Crippen LogP contribution is -2.24. The maximum atomic E-state index is 13.2. The molecule has 5 rings (SSSR count). The topological polar surface area (TPSA) is 100 Å². The second-order valence-electron chi connectivity index (χ2n) is 8.43.